The second-order valence-electron chi connectivity index (χ2n) is 6.11. The second kappa shape index (κ2) is 7.57. The second-order valence-corrected chi connectivity index (χ2v) is 6.52. The molecule has 0 bridgehead atoms. The van der Waals surface area contributed by atoms with Crippen LogP contribution >= 0.6 is 11.6 Å². The van der Waals surface area contributed by atoms with E-state index in [1.54, 1.807) is 36.4 Å². The highest BCUT2D eigenvalue weighted by Crippen LogP contribution is 2.30. The number of amides is 2. The van der Waals surface area contributed by atoms with Gasteiger partial charge in [0.05, 0.1) is 10.7 Å². The van der Waals surface area contributed by atoms with Crippen LogP contribution in [-0.4, -0.2) is 18.4 Å². The number of halogens is 1. The van der Waals surface area contributed by atoms with Crippen LogP contribution in [0.5, 0.6) is 5.75 Å². The molecular weight excluding hydrogens is 340 g/mol. The molecule has 1 aliphatic rings. The van der Waals surface area contributed by atoms with E-state index in [0.717, 1.165) is 24.1 Å². The van der Waals surface area contributed by atoms with Gasteiger partial charge in [-0.15, -0.1) is 0 Å². The van der Waals surface area contributed by atoms with E-state index in [1.165, 1.54) is 0 Å². The Labute approximate surface area is 151 Å². The Hall–Kier alpha value is -2.53. The van der Waals surface area contributed by atoms with Crippen LogP contribution in [0.15, 0.2) is 42.5 Å². The van der Waals surface area contributed by atoms with Crippen molar-refractivity contribution in [3.8, 4) is 5.75 Å². The first-order chi connectivity index (χ1) is 12.0. The van der Waals surface area contributed by atoms with Crippen molar-refractivity contribution in [3.05, 3.63) is 53.1 Å². The van der Waals surface area contributed by atoms with Crippen LogP contribution in [0.25, 0.3) is 0 Å². The van der Waals surface area contributed by atoms with Crippen LogP contribution < -0.4 is 15.4 Å². The van der Waals surface area contributed by atoms with Crippen molar-refractivity contribution in [2.24, 2.45) is 5.92 Å². The first kappa shape index (κ1) is 17.3. The summed E-state index contributed by atoms with van der Waals surface area (Å²) in [6.45, 7) is 1.80. The van der Waals surface area contributed by atoms with Gasteiger partial charge < -0.3 is 15.4 Å². The number of aryl methyl sites for hydroxylation is 1. The van der Waals surface area contributed by atoms with Gasteiger partial charge in [0.2, 0.25) is 5.91 Å². The lowest BCUT2D eigenvalue weighted by Crippen LogP contribution is -2.20. The fraction of sp³-hybridized carbons (Fsp3) is 0.263. The van der Waals surface area contributed by atoms with E-state index in [9.17, 15) is 9.59 Å². The van der Waals surface area contributed by atoms with E-state index in [1.807, 2.05) is 13.0 Å². The molecule has 25 heavy (non-hydrogen) atoms. The number of carbonyl (C=O) groups is 2. The smallest absolute Gasteiger partial charge is 0.262 e. The Balaban J connectivity index is 1.49. The van der Waals surface area contributed by atoms with Crippen LogP contribution in [0.3, 0.4) is 0 Å². The van der Waals surface area contributed by atoms with Gasteiger partial charge in [-0.1, -0.05) is 17.7 Å². The van der Waals surface area contributed by atoms with Gasteiger partial charge in [0.1, 0.15) is 5.75 Å². The molecule has 0 unspecified atom stereocenters. The average molecular weight is 359 g/mol. The van der Waals surface area contributed by atoms with Crippen LogP contribution in [0.4, 0.5) is 11.4 Å². The summed E-state index contributed by atoms with van der Waals surface area (Å²) in [5, 5.41) is 6.05. The van der Waals surface area contributed by atoms with Crippen molar-refractivity contribution < 1.29 is 14.3 Å². The van der Waals surface area contributed by atoms with Crippen LogP contribution in [0.1, 0.15) is 18.4 Å². The molecule has 0 aromatic heterocycles. The molecule has 0 saturated heterocycles. The Kier molecular flexibility index (Phi) is 5.24. The third-order valence-corrected chi connectivity index (χ3v) is 4.15. The minimum atomic E-state index is -0.295. The lowest BCUT2D eigenvalue weighted by Gasteiger charge is -2.10. The lowest BCUT2D eigenvalue weighted by molar-refractivity contribution is -0.118. The number of ether oxygens (including phenoxy) is 1. The summed E-state index contributed by atoms with van der Waals surface area (Å²) in [6.07, 6.45) is 1.93. The fourth-order valence-electron chi connectivity index (χ4n) is 2.28. The fourth-order valence-corrected chi connectivity index (χ4v) is 2.56. The molecular formula is C19H19ClN2O3. The van der Waals surface area contributed by atoms with E-state index in [2.05, 4.69) is 10.6 Å². The third-order valence-electron chi connectivity index (χ3n) is 3.84. The molecule has 2 amide bonds. The molecule has 2 N–H and O–H groups in total. The molecule has 2 aromatic carbocycles. The van der Waals surface area contributed by atoms with Crippen molar-refractivity contribution in [1.82, 2.24) is 0 Å². The van der Waals surface area contributed by atoms with Gasteiger partial charge in [-0.2, -0.15) is 0 Å². The van der Waals surface area contributed by atoms with Crippen molar-refractivity contribution in [1.29, 1.82) is 0 Å². The number of benzene rings is 2. The first-order valence-corrected chi connectivity index (χ1v) is 8.49. The highest BCUT2D eigenvalue weighted by atomic mass is 35.5. The maximum Gasteiger partial charge on any atom is 0.262 e. The monoisotopic (exact) mass is 358 g/mol. The first-order valence-electron chi connectivity index (χ1n) is 8.11. The summed E-state index contributed by atoms with van der Waals surface area (Å²) in [6, 6.07) is 12.4. The standard InChI is InChI=1S/C19H19ClN2O3/c1-12-2-9-17(16(20)10-12)22-18(23)11-25-15-7-5-14(6-8-15)21-19(24)13-3-4-13/h2,5-10,13H,3-4,11H2,1H3,(H,21,24)(H,22,23). The molecule has 0 radical (unpaired) electrons. The quantitative estimate of drug-likeness (QED) is 0.819. The van der Waals surface area contributed by atoms with E-state index < -0.39 is 0 Å². The van der Waals surface area contributed by atoms with Crippen LogP contribution in [0.2, 0.25) is 5.02 Å². The zero-order valence-electron chi connectivity index (χ0n) is 13.8. The zero-order valence-corrected chi connectivity index (χ0v) is 14.6. The number of carbonyl (C=O) groups excluding carboxylic acids is 2. The molecule has 0 spiro atoms. The number of nitrogens with one attached hydrogen (secondary N) is 2. The van der Waals surface area contributed by atoms with Crippen LogP contribution in [0, 0.1) is 12.8 Å². The Bertz CT molecular complexity index is 786. The van der Waals surface area contributed by atoms with Gasteiger partial charge in [-0.05, 0) is 61.7 Å². The topological polar surface area (TPSA) is 67.4 Å². The van der Waals surface area contributed by atoms with Gasteiger partial charge in [-0.3, -0.25) is 9.59 Å². The summed E-state index contributed by atoms with van der Waals surface area (Å²) in [5.41, 5.74) is 2.30. The van der Waals surface area contributed by atoms with Gasteiger partial charge in [0.15, 0.2) is 6.61 Å². The maximum atomic E-state index is 12.0. The highest BCUT2D eigenvalue weighted by molar-refractivity contribution is 6.33. The van der Waals surface area contributed by atoms with E-state index in [4.69, 9.17) is 16.3 Å². The normalized spacial score (nSPS) is 13.2. The predicted molar refractivity (Wildman–Crippen MR) is 98.1 cm³/mol. The zero-order chi connectivity index (χ0) is 17.8. The summed E-state index contributed by atoms with van der Waals surface area (Å²) >= 11 is 6.09. The molecule has 2 aromatic rings. The molecule has 0 heterocycles. The largest absolute Gasteiger partial charge is 0.484 e. The Morgan fingerprint density at radius 2 is 1.84 bits per heavy atom. The summed E-state index contributed by atoms with van der Waals surface area (Å²) in [4.78, 5) is 23.7. The van der Waals surface area contributed by atoms with E-state index in [-0.39, 0.29) is 24.3 Å². The molecule has 1 aliphatic carbocycles. The van der Waals surface area contributed by atoms with E-state index in [0.29, 0.717) is 16.5 Å². The van der Waals surface area contributed by atoms with Crippen molar-refractivity contribution >= 4 is 34.8 Å². The number of rotatable bonds is 6. The predicted octanol–water partition coefficient (Wildman–Crippen LogP) is 4.01. The molecule has 1 saturated carbocycles. The van der Waals surface area contributed by atoms with Gasteiger partial charge in [0, 0.05) is 11.6 Å². The SMILES string of the molecule is Cc1ccc(NC(=O)COc2ccc(NC(=O)C3CC3)cc2)c(Cl)c1. The van der Waals surface area contributed by atoms with Crippen LogP contribution in [-0.2, 0) is 9.59 Å². The number of hydrogen-bond donors (Lipinski definition) is 2. The minimum absolute atomic E-state index is 0.0584. The molecule has 0 atom stereocenters. The summed E-state index contributed by atoms with van der Waals surface area (Å²) < 4.78 is 5.46. The highest BCUT2D eigenvalue weighted by Gasteiger charge is 2.29. The molecule has 5 nitrogen and oxygen atoms in total. The van der Waals surface area contributed by atoms with Crippen molar-refractivity contribution in [3.63, 3.8) is 0 Å². The average Bonchev–Trinajstić information content (AvgIpc) is 3.42. The van der Waals surface area contributed by atoms with E-state index >= 15 is 0 Å². The molecule has 0 aliphatic heterocycles. The van der Waals surface area contributed by atoms with Crippen molar-refractivity contribution in [2.45, 2.75) is 19.8 Å². The van der Waals surface area contributed by atoms with Crippen molar-refractivity contribution in [2.75, 3.05) is 17.2 Å². The number of hydrogen-bond acceptors (Lipinski definition) is 3. The Morgan fingerprint density at radius 3 is 2.48 bits per heavy atom. The molecule has 1 fully saturated rings. The van der Waals surface area contributed by atoms with Gasteiger partial charge >= 0.3 is 0 Å². The van der Waals surface area contributed by atoms with Gasteiger partial charge in [0.25, 0.3) is 5.91 Å². The third kappa shape index (κ3) is 4.97. The minimum Gasteiger partial charge on any atom is -0.484 e. The maximum absolute atomic E-state index is 12.0. The lowest BCUT2D eigenvalue weighted by atomic mass is 10.2. The van der Waals surface area contributed by atoms with Gasteiger partial charge in [-0.25, -0.2) is 0 Å². The summed E-state index contributed by atoms with van der Waals surface area (Å²) in [5.74, 6) is 0.475. The Morgan fingerprint density at radius 1 is 1.12 bits per heavy atom. The molecule has 130 valence electrons. The number of anilines is 2. The molecule has 6 heteroatoms. The summed E-state index contributed by atoms with van der Waals surface area (Å²) in [7, 11) is 0. The molecule has 3 rings (SSSR count).